The molecule has 7 nitrogen and oxygen atoms in total. The van der Waals surface area contributed by atoms with Crippen molar-refractivity contribution in [3.8, 4) is 0 Å². The minimum atomic E-state index is -0.272. The van der Waals surface area contributed by atoms with Crippen molar-refractivity contribution in [2.45, 2.75) is 19.9 Å². The molecule has 0 aliphatic carbocycles. The number of fused-ring (bicyclic) bond motifs is 1. The number of hydrogen-bond acceptors (Lipinski definition) is 5. The van der Waals surface area contributed by atoms with Crippen molar-refractivity contribution in [3.05, 3.63) is 34.9 Å². The van der Waals surface area contributed by atoms with Crippen LogP contribution in [0, 0.1) is 0 Å². The van der Waals surface area contributed by atoms with Crippen LogP contribution in [0.3, 0.4) is 0 Å². The topological polar surface area (TPSA) is 68.8 Å². The summed E-state index contributed by atoms with van der Waals surface area (Å²) in [5.41, 5.74) is 0.456. The number of pyridine rings is 1. The standard InChI is InChI=1S/C14H20N4O3/c1-3-7-16(11-13(19)21-2)9-10-18-14(20)17-8-5-4-6-12(17)15-18/h4-6,8H,3,7,9-11H2,1-2H3. The maximum absolute atomic E-state index is 12.1. The summed E-state index contributed by atoms with van der Waals surface area (Å²) in [6.45, 7) is 4.06. The monoisotopic (exact) mass is 292 g/mol. The highest BCUT2D eigenvalue weighted by molar-refractivity contribution is 5.71. The molecule has 2 rings (SSSR count). The molecule has 0 spiro atoms. The van der Waals surface area contributed by atoms with Crippen LogP contribution in [-0.4, -0.2) is 51.8 Å². The molecule has 0 amide bonds. The molecule has 0 aromatic carbocycles. The molecule has 2 aromatic heterocycles. The molecule has 0 fully saturated rings. The Kier molecular flexibility index (Phi) is 5.10. The van der Waals surface area contributed by atoms with Gasteiger partial charge in [-0.1, -0.05) is 13.0 Å². The van der Waals surface area contributed by atoms with Gasteiger partial charge in [0, 0.05) is 12.7 Å². The summed E-state index contributed by atoms with van der Waals surface area (Å²) in [7, 11) is 1.37. The van der Waals surface area contributed by atoms with E-state index < -0.39 is 0 Å². The predicted octanol–water partition coefficient (Wildman–Crippen LogP) is 0.381. The van der Waals surface area contributed by atoms with Crippen LogP contribution >= 0.6 is 0 Å². The SMILES string of the molecule is CCCN(CCn1nc2ccccn2c1=O)CC(=O)OC. The zero-order valence-electron chi connectivity index (χ0n) is 12.4. The number of esters is 1. The lowest BCUT2D eigenvalue weighted by molar-refractivity contribution is -0.142. The van der Waals surface area contributed by atoms with Crippen LogP contribution in [-0.2, 0) is 16.1 Å². The van der Waals surface area contributed by atoms with E-state index in [1.54, 1.807) is 18.3 Å². The quantitative estimate of drug-likeness (QED) is 0.690. The third-order valence-corrected chi connectivity index (χ3v) is 3.24. The molecule has 0 N–H and O–H groups in total. The number of carbonyl (C=O) groups is 1. The van der Waals surface area contributed by atoms with E-state index in [4.69, 9.17) is 0 Å². The molecular formula is C14H20N4O3. The third-order valence-electron chi connectivity index (χ3n) is 3.24. The number of rotatable bonds is 7. The van der Waals surface area contributed by atoms with Gasteiger partial charge in [0.2, 0.25) is 0 Å². The van der Waals surface area contributed by atoms with Crippen molar-refractivity contribution in [1.29, 1.82) is 0 Å². The number of carbonyl (C=O) groups excluding carboxylic acids is 1. The summed E-state index contributed by atoms with van der Waals surface area (Å²) in [5, 5.41) is 4.27. The Morgan fingerprint density at radius 1 is 1.38 bits per heavy atom. The lowest BCUT2D eigenvalue weighted by Crippen LogP contribution is -2.36. The van der Waals surface area contributed by atoms with E-state index in [0.717, 1.165) is 13.0 Å². The van der Waals surface area contributed by atoms with Gasteiger partial charge in [-0.05, 0) is 25.1 Å². The fraction of sp³-hybridized carbons (Fsp3) is 0.500. The lowest BCUT2D eigenvalue weighted by atomic mass is 10.4. The average molecular weight is 292 g/mol. The second-order valence-electron chi connectivity index (χ2n) is 4.79. The summed E-state index contributed by atoms with van der Waals surface area (Å²) in [6, 6.07) is 5.42. The van der Waals surface area contributed by atoms with E-state index >= 15 is 0 Å². The molecule has 2 aromatic rings. The number of ether oxygens (including phenoxy) is 1. The molecule has 0 radical (unpaired) electrons. The van der Waals surface area contributed by atoms with E-state index in [1.807, 2.05) is 17.9 Å². The first-order valence-corrected chi connectivity index (χ1v) is 6.99. The Morgan fingerprint density at radius 3 is 2.86 bits per heavy atom. The summed E-state index contributed by atoms with van der Waals surface area (Å²) in [5.74, 6) is -0.272. The molecule has 0 atom stereocenters. The number of hydrogen-bond donors (Lipinski definition) is 0. The fourth-order valence-corrected chi connectivity index (χ4v) is 2.18. The highest BCUT2D eigenvalue weighted by Crippen LogP contribution is 1.97. The molecule has 0 bridgehead atoms. The normalized spacial score (nSPS) is 11.2. The van der Waals surface area contributed by atoms with Gasteiger partial charge in [-0.3, -0.25) is 14.1 Å². The van der Waals surface area contributed by atoms with E-state index in [9.17, 15) is 9.59 Å². The smallest absolute Gasteiger partial charge is 0.350 e. The second kappa shape index (κ2) is 7.03. The van der Waals surface area contributed by atoms with Gasteiger partial charge in [-0.2, -0.15) is 0 Å². The van der Waals surface area contributed by atoms with Gasteiger partial charge >= 0.3 is 11.7 Å². The Bertz CT molecular complexity index is 662. The maximum Gasteiger partial charge on any atom is 0.350 e. The van der Waals surface area contributed by atoms with E-state index in [0.29, 0.717) is 18.7 Å². The van der Waals surface area contributed by atoms with E-state index in [2.05, 4.69) is 9.84 Å². The zero-order valence-corrected chi connectivity index (χ0v) is 12.4. The first-order valence-electron chi connectivity index (χ1n) is 6.99. The first-order chi connectivity index (χ1) is 10.2. The van der Waals surface area contributed by atoms with E-state index in [-0.39, 0.29) is 18.2 Å². The van der Waals surface area contributed by atoms with Gasteiger partial charge in [0.25, 0.3) is 0 Å². The van der Waals surface area contributed by atoms with Crippen molar-refractivity contribution < 1.29 is 9.53 Å². The van der Waals surface area contributed by atoms with Crippen molar-refractivity contribution in [2.24, 2.45) is 0 Å². The van der Waals surface area contributed by atoms with Gasteiger partial charge in [-0.15, -0.1) is 5.10 Å². The Morgan fingerprint density at radius 2 is 2.19 bits per heavy atom. The Labute approximate surface area is 122 Å². The van der Waals surface area contributed by atoms with Crippen LogP contribution in [0.25, 0.3) is 5.65 Å². The molecule has 0 saturated carbocycles. The van der Waals surface area contributed by atoms with Crippen molar-refractivity contribution in [2.75, 3.05) is 26.7 Å². The minimum Gasteiger partial charge on any atom is -0.468 e. The summed E-state index contributed by atoms with van der Waals surface area (Å²) >= 11 is 0. The third kappa shape index (κ3) is 3.69. The van der Waals surface area contributed by atoms with Crippen LogP contribution < -0.4 is 5.69 Å². The lowest BCUT2D eigenvalue weighted by Gasteiger charge is -2.19. The predicted molar refractivity (Wildman–Crippen MR) is 78.2 cm³/mol. The van der Waals surface area contributed by atoms with Crippen LogP contribution in [0.2, 0.25) is 0 Å². The molecule has 0 unspecified atom stereocenters. The summed E-state index contributed by atoms with van der Waals surface area (Å²) in [6.07, 6.45) is 2.62. The number of methoxy groups -OCH3 is 1. The van der Waals surface area contributed by atoms with Crippen molar-refractivity contribution >= 4 is 11.6 Å². The maximum atomic E-state index is 12.1. The molecule has 0 saturated heterocycles. The fourth-order valence-electron chi connectivity index (χ4n) is 2.18. The summed E-state index contributed by atoms with van der Waals surface area (Å²) in [4.78, 5) is 25.5. The van der Waals surface area contributed by atoms with Crippen LogP contribution in [0.5, 0.6) is 0 Å². The Balaban J connectivity index is 2.06. The highest BCUT2D eigenvalue weighted by Gasteiger charge is 2.12. The van der Waals surface area contributed by atoms with Gasteiger partial charge in [-0.25, -0.2) is 9.48 Å². The van der Waals surface area contributed by atoms with Crippen LogP contribution in [0.4, 0.5) is 0 Å². The minimum absolute atomic E-state index is 0.167. The first kappa shape index (κ1) is 15.2. The number of aromatic nitrogens is 3. The van der Waals surface area contributed by atoms with Gasteiger partial charge < -0.3 is 4.74 Å². The molecular weight excluding hydrogens is 272 g/mol. The molecule has 2 heterocycles. The molecule has 21 heavy (non-hydrogen) atoms. The van der Waals surface area contributed by atoms with Crippen molar-refractivity contribution in [1.82, 2.24) is 19.1 Å². The van der Waals surface area contributed by atoms with E-state index in [1.165, 1.54) is 16.2 Å². The van der Waals surface area contributed by atoms with Gasteiger partial charge in [0.05, 0.1) is 20.2 Å². The summed E-state index contributed by atoms with van der Waals surface area (Å²) < 4.78 is 7.61. The molecule has 0 aliphatic heterocycles. The Hall–Kier alpha value is -2.15. The van der Waals surface area contributed by atoms with Gasteiger partial charge in [0.1, 0.15) is 0 Å². The molecule has 0 aliphatic rings. The van der Waals surface area contributed by atoms with Crippen LogP contribution in [0.15, 0.2) is 29.2 Å². The molecule has 7 heteroatoms. The zero-order chi connectivity index (χ0) is 15.2. The second-order valence-corrected chi connectivity index (χ2v) is 4.79. The largest absolute Gasteiger partial charge is 0.468 e. The van der Waals surface area contributed by atoms with Crippen LogP contribution in [0.1, 0.15) is 13.3 Å². The van der Waals surface area contributed by atoms with Gasteiger partial charge in [0.15, 0.2) is 5.65 Å². The number of nitrogens with zero attached hydrogens (tertiary/aromatic N) is 4. The highest BCUT2D eigenvalue weighted by atomic mass is 16.5. The average Bonchev–Trinajstić information content (AvgIpc) is 2.82. The molecule has 114 valence electrons. The van der Waals surface area contributed by atoms with Crippen molar-refractivity contribution in [3.63, 3.8) is 0 Å².